The van der Waals surface area contributed by atoms with E-state index in [1.807, 2.05) is 0 Å². The van der Waals surface area contributed by atoms with Crippen LogP contribution in [-0.2, 0) is 11.2 Å². The standard InChI is InChI=1S/C27H30O10/c1-12-7-15-10-17(35-3)11-19(21(15)22(31)20(12)13(2)28)36-27-25(34)23(32)24(33)26(37-27)18(30)9-14-5-4-6-16(29)8-14/h4-8,10-11,18,23-27,29-34H,9H2,1-3H3/t18-,23+,24+,25-,26-,27-/m1/s1. The Kier molecular flexibility index (Phi) is 7.58. The highest BCUT2D eigenvalue weighted by Gasteiger charge is 2.47. The highest BCUT2D eigenvalue weighted by molar-refractivity contribution is 6.07. The number of aromatic hydroxyl groups is 2. The van der Waals surface area contributed by atoms with Gasteiger partial charge in [-0.05, 0) is 48.6 Å². The number of rotatable bonds is 7. The molecule has 10 heteroatoms. The van der Waals surface area contributed by atoms with Gasteiger partial charge in [0.25, 0.3) is 0 Å². The lowest BCUT2D eigenvalue weighted by Gasteiger charge is -2.42. The Morgan fingerprint density at radius 1 is 1.05 bits per heavy atom. The van der Waals surface area contributed by atoms with E-state index in [-0.39, 0.29) is 40.4 Å². The SMILES string of the molecule is COc1cc(O[C@@H]2O[C@H]([C@H](O)Cc3cccc(O)c3)[C@@H](O)[C@H](O)[C@H]2O)c2c(O)c(C(C)=O)c(C)cc2c1. The average Bonchev–Trinajstić information content (AvgIpc) is 2.83. The Bertz CT molecular complexity index is 1310. The number of fused-ring (bicyclic) bond motifs is 1. The van der Waals surface area contributed by atoms with Gasteiger partial charge in [0.1, 0.15) is 47.4 Å². The first kappa shape index (κ1) is 26.6. The average molecular weight is 515 g/mol. The molecule has 6 N–H and O–H groups in total. The van der Waals surface area contributed by atoms with Crippen LogP contribution in [0.3, 0.4) is 0 Å². The molecule has 1 heterocycles. The molecule has 6 atom stereocenters. The molecule has 37 heavy (non-hydrogen) atoms. The van der Waals surface area contributed by atoms with Gasteiger partial charge in [-0.3, -0.25) is 4.79 Å². The first-order chi connectivity index (χ1) is 17.5. The number of carbonyl (C=O) groups excluding carboxylic acids is 1. The molecular weight excluding hydrogens is 484 g/mol. The lowest BCUT2D eigenvalue weighted by atomic mass is 9.92. The molecule has 0 aliphatic carbocycles. The van der Waals surface area contributed by atoms with Crippen molar-refractivity contribution in [2.75, 3.05) is 7.11 Å². The molecule has 1 fully saturated rings. The Hall–Kier alpha value is -3.41. The maximum atomic E-state index is 12.2. The number of aliphatic hydroxyl groups excluding tert-OH is 4. The molecule has 198 valence electrons. The van der Waals surface area contributed by atoms with E-state index < -0.39 is 36.8 Å². The summed E-state index contributed by atoms with van der Waals surface area (Å²) in [4.78, 5) is 12.2. The van der Waals surface area contributed by atoms with Crippen LogP contribution in [0.5, 0.6) is 23.0 Å². The van der Waals surface area contributed by atoms with Crippen molar-refractivity contribution in [2.45, 2.75) is 57.1 Å². The molecule has 0 unspecified atom stereocenters. The smallest absolute Gasteiger partial charge is 0.229 e. The number of phenolic OH excluding ortho intramolecular Hbond substituents is 2. The summed E-state index contributed by atoms with van der Waals surface area (Å²) in [5.41, 5.74) is 1.19. The number of Topliss-reactive ketones (excluding diaryl/α,β-unsaturated/α-hetero) is 1. The summed E-state index contributed by atoms with van der Waals surface area (Å²) in [7, 11) is 1.43. The molecule has 0 amide bonds. The number of methoxy groups -OCH3 is 1. The first-order valence-corrected chi connectivity index (χ1v) is 11.7. The number of ketones is 1. The van der Waals surface area contributed by atoms with E-state index in [0.717, 1.165) is 0 Å². The summed E-state index contributed by atoms with van der Waals surface area (Å²) in [6, 6.07) is 10.9. The van der Waals surface area contributed by atoms with Crippen LogP contribution in [0.25, 0.3) is 10.8 Å². The van der Waals surface area contributed by atoms with Crippen molar-refractivity contribution in [3.63, 3.8) is 0 Å². The molecule has 0 bridgehead atoms. The van der Waals surface area contributed by atoms with Crippen LogP contribution in [0.15, 0.2) is 42.5 Å². The highest BCUT2D eigenvalue weighted by atomic mass is 16.7. The summed E-state index contributed by atoms with van der Waals surface area (Å²) >= 11 is 0. The Balaban J connectivity index is 1.70. The first-order valence-electron chi connectivity index (χ1n) is 11.7. The third-order valence-electron chi connectivity index (χ3n) is 6.52. The minimum Gasteiger partial charge on any atom is -0.508 e. The van der Waals surface area contributed by atoms with Crippen molar-refractivity contribution in [3.8, 4) is 23.0 Å². The van der Waals surface area contributed by atoms with Crippen LogP contribution in [0.4, 0.5) is 0 Å². The zero-order valence-electron chi connectivity index (χ0n) is 20.5. The molecule has 1 aliphatic rings. The number of hydrogen-bond donors (Lipinski definition) is 6. The summed E-state index contributed by atoms with van der Waals surface area (Å²) in [6.45, 7) is 3.00. The number of aryl methyl sites for hydroxylation is 1. The van der Waals surface area contributed by atoms with Gasteiger partial charge in [-0.1, -0.05) is 18.2 Å². The van der Waals surface area contributed by atoms with Gasteiger partial charge in [-0.15, -0.1) is 0 Å². The highest BCUT2D eigenvalue weighted by Crippen LogP contribution is 2.42. The second-order valence-corrected chi connectivity index (χ2v) is 9.20. The topological polar surface area (TPSA) is 166 Å². The predicted octanol–water partition coefficient (Wildman–Crippen LogP) is 1.56. The monoisotopic (exact) mass is 514 g/mol. The van der Waals surface area contributed by atoms with Gasteiger partial charge in [0.15, 0.2) is 5.78 Å². The van der Waals surface area contributed by atoms with Crippen LogP contribution in [-0.4, -0.2) is 80.3 Å². The Morgan fingerprint density at radius 2 is 1.78 bits per heavy atom. The number of ether oxygens (including phenoxy) is 3. The normalized spacial score (nSPS) is 24.6. The quantitative estimate of drug-likeness (QED) is 0.255. The largest absolute Gasteiger partial charge is 0.508 e. The van der Waals surface area contributed by atoms with E-state index in [4.69, 9.17) is 14.2 Å². The van der Waals surface area contributed by atoms with E-state index in [2.05, 4.69) is 0 Å². The minimum atomic E-state index is -1.73. The molecule has 0 aromatic heterocycles. The van der Waals surface area contributed by atoms with E-state index in [0.29, 0.717) is 22.3 Å². The fourth-order valence-electron chi connectivity index (χ4n) is 4.71. The summed E-state index contributed by atoms with van der Waals surface area (Å²) in [5.74, 6) is -0.351. The molecule has 3 aromatic rings. The van der Waals surface area contributed by atoms with Gasteiger partial charge in [0, 0.05) is 12.5 Å². The van der Waals surface area contributed by atoms with Crippen LogP contribution in [0.2, 0.25) is 0 Å². The van der Waals surface area contributed by atoms with Gasteiger partial charge in [0.2, 0.25) is 6.29 Å². The third-order valence-corrected chi connectivity index (χ3v) is 6.52. The van der Waals surface area contributed by atoms with Gasteiger partial charge in [-0.25, -0.2) is 0 Å². The minimum absolute atomic E-state index is 0.00337. The second kappa shape index (κ2) is 10.5. The molecule has 0 spiro atoms. The molecule has 4 rings (SSSR count). The fraction of sp³-hybridized carbons (Fsp3) is 0.370. The zero-order chi connectivity index (χ0) is 27.0. The van der Waals surface area contributed by atoms with Crippen molar-refractivity contribution in [1.29, 1.82) is 0 Å². The molecule has 1 saturated heterocycles. The summed E-state index contributed by atoms with van der Waals surface area (Å²) < 4.78 is 17.0. The van der Waals surface area contributed by atoms with Crippen LogP contribution >= 0.6 is 0 Å². The van der Waals surface area contributed by atoms with Crippen LogP contribution in [0, 0.1) is 6.92 Å². The van der Waals surface area contributed by atoms with E-state index in [1.54, 1.807) is 31.2 Å². The maximum Gasteiger partial charge on any atom is 0.229 e. The predicted molar refractivity (Wildman–Crippen MR) is 132 cm³/mol. The molecular formula is C27H30O10. The maximum absolute atomic E-state index is 12.2. The van der Waals surface area contributed by atoms with Crippen molar-refractivity contribution < 1.29 is 49.6 Å². The van der Waals surface area contributed by atoms with Gasteiger partial charge in [-0.2, -0.15) is 0 Å². The molecule has 10 nitrogen and oxygen atoms in total. The van der Waals surface area contributed by atoms with Gasteiger partial charge < -0.3 is 44.8 Å². The number of carbonyl (C=O) groups is 1. The lowest BCUT2D eigenvalue weighted by molar-refractivity contribution is -0.287. The Morgan fingerprint density at radius 3 is 2.43 bits per heavy atom. The number of aliphatic hydroxyl groups is 4. The van der Waals surface area contributed by atoms with Crippen molar-refractivity contribution in [3.05, 3.63) is 59.2 Å². The molecule has 0 saturated carbocycles. The van der Waals surface area contributed by atoms with E-state index >= 15 is 0 Å². The van der Waals surface area contributed by atoms with E-state index in [9.17, 15) is 35.4 Å². The van der Waals surface area contributed by atoms with Crippen LogP contribution < -0.4 is 9.47 Å². The molecule has 3 aromatic carbocycles. The molecule has 1 aliphatic heterocycles. The number of benzene rings is 3. The summed E-state index contributed by atoms with van der Waals surface area (Å²) in [5, 5.41) is 63.8. The third kappa shape index (κ3) is 5.20. The molecule has 0 radical (unpaired) electrons. The van der Waals surface area contributed by atoms with Crippen molar-refractivity contribution in [2.24, 2.45) is 0 Å². The van der Waals surface area contributed by atoms with Gasteiger partial charge in [0.05, 0.1) is 24.2 Å². The summed E-state index contributed by atoms with van der Waals surface area (Å²) in [6.07, 6.45) is -9.42. The lowest BCUT2D eigenvalue weighted by Crippen LogP contribution is -2.62. The van der Waals surface area contributed by atoms with Gasteiger partial charge >= 0.3 is 0 Å². The zero-order valence-corrected chi connectivity index (χ0v) is 20.5. The van der Waals surface area contributed by atoms with E-state index in [1.165, 1.54) is 32.2 Å². The van der Waals surface area contributed by atoms with Crippen LogP contribution in [0.1, 0.15) is 28.4 Å². The van der Waals surface area contributed by atoms with Crippen molar-refractivity contribution >= 4 is 16.6 Å². The van der Waals surface area contributed by atoms with Crippen molar-refractivity contribution in [1.82, 2.24) is 0 Å². The fourth-order valence-corrected chi connectivity index (χ4v) is 4.71. The second-order valence-electron chi connectivity index (χ2n) is 9.20. The number of hydrogen-bond acceptors (Lipinski definition) is 10. The Labute approximate surface area is 212 Å². The number of phenols is 2.